The minimum Gasteiger partial charge on any atom is -0.494 e. The Labute approximate surface area is 230 Å². The van der Waals surface area contributed by atoms with Crippen LogP contribution < -0.4 is 14.8 Å². The van der Waals surface area contributed by atoms with Gasteiger partial charge in [0.1, 0.15) is 23.4 Å². The number of nitrogens with one attached hydrogen (secondary N) is 1. The lowest BCUT2D eigenvalue weighted by Gasteiger charge is -2.25. The van der Waals surface area contributed by atoms with Gasteiger partial charge in [-0.3, -0.25) is 4.99 Å². The van der Waals surface area contributed by atoms with E-state index in [1.54, 1.807) is 0 Å². The average molecular weight is 548 g/mol. The number of nitrogens with zero attached hydrogens (tertiary/aromatic N) is 1. The molecule has 1 aliphatic rings. The van der Waals surface area contributed by atoms with Gasteiger partial charge in [0, 0.05) is 15.6 Å². The van der Waals surface area contributed by atoms with Crippen molar-refractivity contribution in [3.63, 3.8) is 0 Å². The molecule has 36 heavy (non-hydrogen) atoms. The van der Waals surface area contributed by atoms with Gasteiger partial charge in [-0.15, -0.1) is 12.4 Å². The SMILES string of the molecule is CCOc1cc(C(C)(C)C)c(OCC)cc1C1=N[C@H](c2ccc(Cl)cc2)[C@H](c2ccc(Cl)cc2)N1.Cl. The first-order valence-electron chi connectivity index (χ1n) is 12.0. The summed E-state index contributed by atoms with van der Waals surface area (Å²) in [6.07, 6.45) is 0. The van der Waals surface area contributed by atoms with E-state index in [1.165, 1.54) is 0 Å². The van der Waals surface area contributed by atoms with Crippen LogP contribution in [0.2, 0.25) is 10.0 Å². The monoisotopic (exact) mass is 546 g/mol. The lowest BCUT2D eigenvalue weighted by atomic mass is 9.85. The van der Waals surface area contributed by atoms with Crippen molar-refractivity contribution in [2.24, 2.45) is 4.99 Å². The van der Waals surface area contributed by atoms with E-state index in [1.807, 2.05) is 62.4 Å². The molecule has 2 atom stereocenters. The summed E-state index contributed by atoms with van der Waals surface area (Å²) >= 11 is 12.3. The Hall–Kier alpha value is -2.40. The summed E-state index contributed by atoms with van der Waals surface area (Å²) < 4.78 is 12.2. The van der Waals surface area contributed by atoms with Gasteiger partial charge >= 0.3 is 0 Å². The van der Waals surface area contributed by atoms with E-state index in [0.29, 0.717) is 23.3 Å². The molecule has 0 aliphatic carbocycles. The molecule has 0 amide bonds. The largest absolute Gasteiger partial charge is 0.494 e. The normalized spacial score (nSPS) is 17.1. The standard InChI is InChI=1S/C29H32Cl2N2O2.ClH/c1-6-34-24-17-23(29(3,4)5)25(35-7-2)16-22(24)28-32-26(18-8-12-20(30)13-9-18)27(33-28)19-10-14-21(31)15-11-19;/h8-17,26-27H,6-7H2,1-5H3,(H,32,33);1H/t26-,27+;. The van der Waals surface area contributed by atoms with E-state index in [0.717, 1.165) is 39.6 Å². The zero-order valence-electron chi connectivity index (χ0n) is 21.3. The molecule has 1 N–H and O–H groups in total. The smallest absolute Gasteiger partial charge is 0.133 e. The molecule has 0 spiro atoms. The number of hydrogen-bond acceptors (Lipinski definition) is 4. The van der Waals surface area contributed by atoms with E-state index in [-0.39, 0.29) is 29.9 Å². The van der Waals surface area contributed by atoms with Crippen molar-refractivity contribution in [3.8, 4) is 11.5 Å². The number of halogens is 3. The molecule has 0 aromatic heterocycles. The molecule has 192 valence electrons. The summed E-state index contributed by atoms with van der Waals surface area (Å²) in [6, 6.07) is 19.7. The van der Waals surface area contributed by atoms with E-state index >= 15 is 0 Å². The third-order valence-electron chi connectivity index (χ3n) is 6.06. The van der Waals surface area contributed by atoms with Crippen molar-refractivity contribution in [3.05, 3.63) is 93.0 Å². The highest BCUT2D eigenvalue weighted by Gasteiger charge is 2.34. The van der Waals surface area contributed by atoms with Gasteiger partial charge in [0.05, 0.1) is 24.8 Å². The minimum absolute atomic E-state index is 0. The van der Waals surface area contributed by atoms with Crippen LogP contribution in [-0.4, -0.2) is 19.0 Å². The Morgan fingerprint density at radius 2 is 1.33 bits per heavy atom. The van der Waals surface area contributed by atoms with Crippen molar-refractivity contribution in [2.45, 2.75) is 52.1 Å². The quantitative estimate of drug-likeness (QED) is 0.323. The number of amidine groups is 1. The maximum absolute atomic E-state index is 6.17. The van der Waals surface area contributed by atoms with E-state index < -0.39 is 0 Å². The number of aliphatic imine (C=N–C) groups is 1. The number of ether oxygens (including phenoxy) is 2. The predicted octanol–water partition coefficient (Wildman–Crippen LogP) is 8.34. The molecule has 4 rings (SSSR count). The topological polar surface area (TPSA) is 42.9 Å². The second-order valence-electron chi connectivity index (χ2n) is 9.61. The zero-order chi connectivity index (χ0) is 25.2. The molecule has 3 aromatic carbocycles. The summed E-state index contributed by atoms with van der Waals surface area (Å²) in [5.41, 5.74) is 4.07. The van der Waals surface area contributed by atoms with Crippen molar-refractivity contribution in [1.82, 2.24) is 5.32 Å². The van der Waals surface area contributed by atoms with Crippen LogP contribution in [0.3, 0.4) is 0 Å². The molecule has 3 aromatic rings. The predicted molar refractivity (Wildman–Crippen MR) is 153 cm³/mol. The van der Waals surface area contributed by atoms with Gasteiger partial charge in [-0.1, -0.05) is 68.2 Å². The summed E-state index contributed by atoms with van der Waals surface area (Å²) in [5, 5.41) is 5.07. The lowest BCUT2D eigenvalue weighted by molar-refractivity contribution is 0.321. The first-order chi connectivity index (χ1) is 16.7. The van der Waals surface area contributed by atoms with Gasteiger partial charge in [0.25, 0.3) is 0 Å². The lowest BCUT2D eigenvalue weighted by Crippen LogP contribution is -2.26. The van der Waals surface area contributed by atoms with Crippen LogP contribution in [0, 0.1) is 0 Å². The van der Waals surface area contributed by atoms with Crippen molar-refractivity contribution >= 4 is 41.4 Å². The van der Waals surface area contributed by atoms with Gasteiger partial charge < -0.3 is 14.8 Å². The highest BCUT2D eigenvalue weighted by molar-refractivity contribution is 6.30. The van der Waals surface area contributed by atoms with Crippen LogP contribution in [0.5, 0.6) is 11.5 Å². The second kappa shape index (κ2) is 11.8. The number of benzene rings is 3. The maximum atomic E-state index is 6.17. The highest BCUT2D eigenvalue weighted by Crippen LogP contribution is 2.42. The van der Waals surface area contributed by atoms with Crippen LogP contribution in [0.15, 0.2) is 65.7 Å². The highest BCUT2D eigenvalue weighted by atomic mass is 35.5. The third kappa shape index (κ3) is 6.11. The molecule has 0 saturated heterocycles. The van der Waals surface area contributed by atoms with Crippen LogP contribution >= 0.6 is 35.6 Å². The summed E-state index contributed by atoms with van der Waals surface area (Å²) in [4.78, 5) is 5.17. The maximum Gasteiger partial charge on any atom is 0.133 e. The van der Waals surface area contributed by atoms with Gasteiger partial charge in [0.2, 0.25) is 0 Å². The van der Waals surface area contributed by atoms with Crippen molar-refractivity contribution < 1.29 is 9.47 Å². The molecule has 1 aliphatic heterocycles. The summed E-state index contributed by atoms with van der Waals surface area (Å²) in [5.74, 6) is 2.41. The zero-order valence-corrected chi connectivity index (χ0v) is 23.6. The fourth-order valence-electron chi connectivity index (χ4n) is 4.37. The van der Waals surface area contributed by atoms with Crippen LogP contribution in [0.4, 0.5) is 0 Å². The van der Waals surface area contributed by atoms with E-state index in [2.05, 4.69) is 38.2 Å². The molecule has 0 saturated carbocycles. The van der Waals surface area contributed by atoms with Crippen molar-refractivity contribution in [1.29, 1.82) is 0 Å². The van der Waals surface area contributed by atoms with Crippen molar-refractivity contribution in [2.75, 3.05) is 13.2 Å². The Morgan fingerprint density at radius 3 is 1.86 bits per heavy atom. The Balaban J connectivity index is 0.00000361. The van der Waals surface area contributed by atoms with Gasteiger partial charge in [0.15, 0.2) is 0 Å². The molecule has 0 radical (unpaired) electrons. The number of hydrogen-bond donors (Lipinski definition) is 1. The van der Waals surface area contributed by atoms with Crippen LogP contribution in [0.25, 0.3) is 0 Å². The Morgan fingerprint density at radius 1 is 0.806 bits per heavy atom. The first kappa shape index (κ1) is 28.2. The molecular formula is C29H33Cl3N2O2. The van der Waals surface area contributed by atoms with Crippen LogP contribution in [-0.2, 0) is 5.41 Å². The van der Waals surface area contributed by atoms with Gasteiger partial charge in [-0.25, -0.2) is 0 Å². The minimum atomic E-state index is -0.143. The average Bonchev–Trinajstić information content (AvgIpc) is 3.25. The summed E-state index contributed by atoms with van der Waals surface area (Å²) in [7, 11) is 0. The van der Waals surface area contributed by atoms with E-state index in [9.17, 15) is 0 Å². The van der Waals surface area contributed by atoms with Gasteiger partial charge in [-0.05, 0) is 66.8 Å². The third-order valence-corrected chi connectivity index (χ3v) is 6.57. The van der Waals surface area contributed by atoms with Crippen LogP contribution in [0.1, 0.15) is 69.0 Å². The Bertz CT molecular complexity index is 1200. The molecule has 1 heterocycles. The molecule has 0 unspecified atom stereocenters. The van der Waals surface area contributed by atoms with Gasteiger partial charge in [-0.2, -0.15) is 0 Å². The molecular weight excluding hydrogens is 515 g/mol. The Kier molecular flexibility index (Phi) is 9.21. The fraction of sp³-hybridized carbons (Fsp3) is 0.345. The fourth-order valence-corrected chi connectivity index (χ4v) is 4.62. The molecule has 4 nitrogen and oxygen atoms in total. The second-order valence-corrected chi connectivity index (χ2v) is 10.5. The summed E-state index contributed by atoms with van der Waals surface area (Å²) in [6.45, 7) is 11.7. The first-order valence-corrected chi connectivity index (χ1v) is 12.8. The molecule has 0 bridgehead atoms. The molecule has 0 fully saturated rings. The molecule has 7 heteroatoms. The number of rotatable bonds is 7. The van der Waals surface area contributed by atoms with E-state index in [4.69, 9.17) is 37.7 Å².